The Morgan fingerprint density at radius 1 is 1.33 bits per heavy atom. The molecule has 1 aromatic carbocycles. The van der Waals surface area contributed by atoms with Crippen LogP contribution in [0.5, 0.6) is 0 Å². The predicted octanol–water partition coefficient (Wildman–Crippen LogP) is 3.12. The summed E-state index contributed by atoms with van der Waals surface area (Å²) >= 11 is 0. The molecule has 24 heavy (non-hydrogen) atoms. The van der Waals surface area contributed by atoms with E-state index in [9.17, 15) is 9.90 Å². The quantitative estimate of drug-likeness (QED) is 0.915. The molecule has 0 unspecified atom stereocenters. The number of carboxylic acids is 1. The molecule has 0 amide bonds. The normalized spacial score (nSPS) is 18.5. The van der Waals surface area contributed by atoms with Crippen molar-refractivity contribution in [3.8, 4) is 0 Å². The Labute approximate surface area is 142 Å². The summed E-state index contributed by atoms with van der Waals surface area (Å²) in [7, 11) is 0. The molecule has 2 heterocycles. The number of nitrogens with zero attached hydrogens (tertiary/aromatic N) is 3. The maximum Gasteiger partial charge on any atom is 0.335 e. The van der Waals surface area contributed by atoms with Gasteiger partial charge in [-0.25, -0.2) is 14.8 Å². The van der Waals surface area contributed by atoms with Gasteiger partial charge >= 0.3 is 5.97 Å². The number of hydrogen-bond acceptors (Lipinski definition) is 4. The van der Waals surface area contributed by atoms with Crippen molar-refractivity contribution < 1.29 is 9.90 Å². The average molecular weight is 325 g/mol. The van der Waals surface area contributed by atoms with Gasteiger partial charge in [-0.15, -0.1) is 0 Å². The number of carbonyl (C=O) groups is 1. The number of aromatic carboxylic acids is 1. The summed E-state index contributed by atoms with van der Waals surface area (Å²) in [6.45, 7) is 4.90. The highest BCUT2D eigenvalue weighted by Crippen LogP contribution is 2.28. The van der Waals surface area contributed by atoms with Crippen LogP contribution < -0.4 is 0 Å². The van der Waals surface area contributed by atoms with Gasteiger partial charge in [-0.1, -0.05) is 19.1 Å². The Balaban J connectivity index is 1.67. The maximum absolute atomic E-state index is 11.2. The molecule has 1 fully saturated rings. The van der Waals surface area contributed by atoms with Crippen molar-refractivity contribution in [3.05, 3.63) is 59.2 Å². The number of piperidine rings is 1. The lowest BCUT2D eigenvalue weighted by Crippen LogP contribution is -2.34. The molecule has 1 aliphatic heterocycles. The standard InChI is InChI=1S/C19H23N3O2/c1-2-18-20-10-14(11-21-18)12-22-8-4-7-17(13-22)15-5-3-6-16(9-15)19(23)24/h3,5-6,9-11,17H,2,4,7-8,12-13H2,1H3,(H,23,24)/t17-/m0/s1. The van der Waals surface area contributed by atoms with E-state index in [4.69, 9.17) is 0 Å². The number of aryl methyl sites for hydroxylation is 1. The van der Waals surface area contributed by atoms with Gasteiger partial charge in [-0.3, -0.25) is 4.90 Å². The molecule has 5 heteroatoms. The third-order valence-corrected chi connectivity index (χ3v) is 4.59. The second kappa shape index (κ2) is 7.53. The molecule has 0 saturated carbocycles. The predicted molar refractivity (Wildman–Crippen MR) is 92.1 cm³/mol. The molecule has 1 saturated heterocycles. The monoisotopic (exact) mass is 325 g/mol. The zero-order valence-corrected chi connectivity index (χ0v) is 14.0. The van der Waals surface area contributed by atoms with Crippen molar-refractivity contribution >= 4 is 5.97 Å². The van der Waals surface area contributed by atoms with Gasteiger partial charge in [0.25, 0.3) is 0 Å². The number of carboxylic acid groups (broad SMARTS) is 1. The first-order valence-corrected chi connectivity index (χ1v) is 8.51. The molecule has 0 aliphatic carbocycles. The summed E-state index contributed by atoms with van der Waals surface area (Å²) in [5, 5.41) is 9.17. The summed E-state index contributed by atoms with van der Waals surface area (Å²) in [6.07, 6.45) is 6.91. The van der Waals surface area contributed by atoms with Crippen LogP contribution in [-0.2, 0) is 13.0 Å². The van der Waals surface area contributed by atoms with Gasteiger partial charge in [0.1, 0.15) is 5.82 Å². The lowest BCUT2D eigenvalue weighted by atomic mass is 9.89. The molecule has 1 aromatic heterocycles. The second-order valence-electron chi connectivity index (χ2n) is 6.37. The molecule has 0 radical (unpaired) electrons. The lowest BCUT2D eigenvalue weighted by molar-refractivity contribution is 0.0696. The summed E-state index contributed by atoms with van der Waals surface area (Å²) in [5.74, 6) is 0.396. The highest BCUT2D eigenvalue weighted by Gasteiger charge is 2.22. The third kappa shape index (κ3) is 3.97. The Hall–Kier alpha value is -2.27. The molecule has 0 spiro atoms. The molecule has 1 atom stereocenters. The molecule has 3 rings (SSSR count). The molecular weight excluding hydrogens is 302 g/mol. The van der Waals surface area contributed by atoms with E-state index in [2.05, 4.69) is 21.8 Å². The summed E-state index contributed by atoms with van der Waals surface area (Å²) < 4.78 is 0. The molecule has 5 nitrogen and oxygen atoms in total. The molecule has 0 bridgehead atoms. The van der Waals surface area contributed by atoms with E-state index in [1.807, 2.05) is 30.6 Å². The number of rotatable bonds is 5. The maximum atomic E-state index is 11.2. The van der Waals surface area contributed by atoms with Gasteiger partial charge in [0.2, 0.25) is 0 Å². The summed E-state index contributed by atoms with van der Waals surface area (Å²) in [4.78, 5) is 22.3. The first-order valence-electron chi connectivity index (χ1n) is 8.51. The van der Waals surface area contributed by atoms with E-state index in [0.717, 1.165) is 55.8 Å². The van der Waals surface area contributed by atoms with E-state index in [1.54, 1.807) is 6.07 Å². The van der Waals surface area contributed by atoms with Crippen molar-refractivity contribution in [2.75, 3.05) is 13.1 Å². The van der Waals surface area contributed by atoms with Gasteiger partial charge in [-0.2, -0.15) is 0 Å². The van der Waals surface area contributed by atoms with Crippen molar-refractivity contribution in [1.29, 1.82) is 0 Å². The minimum Gasteiger partial charge on any atom is -0.478 e. The van der Waals surface area contributed by atoms with Gasteiger partial charge in [0, 0.05) is 37.5 Å². The Kier molecular flexibility index (Phi) is 5.20. The van der Waals surface area contributed by atoms with E-state index >= 15 is 0 Å². The topological polar surface area (TPSA) is 66.3 Å². The minimum absolute atomic E-state index is 0.369. The molecule has 126 valence electrons. The summed E-state index contributed by atoms with van der Waals surface area (Å²) in [6, 6.07) is 7.35. The van der Waals surface area contributed by atoms with E-state index < -0.39 is 5.97 Å². The largest absolute Gasteiger partial charge is 0.478 e. The van der Waals surface area contributed by atoms with Crippen LogP contribution in [0.25, 0.3) is 0 Å². The van der Waals surface area contributed by atoms with Crippen LogP contribution in [0.1, 0.15) is 53.0 Å². The van der Waals surface area contributed by atoms with Crippen molar-refractivity contribution in [3.63, 3.8) is 0 Å². The Morgan fingerprint density at radius 2 is 2.12 bits per heavy atom. The van der Waals surface area contributed by atoms with Crippen LogP contribution in [-0.4, -0.2) is 39.0 Å². The third-order valence-electron chi connectivity index (χ3n) is 4.59. The highest BCUT2D eigenvalue weighted by atomic mass is 16.4. The van der Waals surface area contributed by atoms with Gasteiger partial charge < -0.3 is 5.11 Å². The van der Waals surface area contributed by atoms with Gasteiger partial charge in [-0.05, 0) is 43.0 Å². The molecule has 1 N–H and O–H groups in total. The van der Waals surface area contributed by atoms with Gasteiger partial charge in [0.05, 0.1) is 5.56 Å². The summed E-state index contributed by atoms with van der Waals surface area (Å²) in [5.41, 5.74) is 2.62. The molecular formula is C19H23N3O2. The Bertz CT molecular complexity index is 700. The SMILES string of the molecule is CCc1ncc(CN2CCC[C@H](c3cccc(C(=O)O)c3)C2)cn1. The molecule has 2 aromatic rings. The second-order valence-corrected chi connectivity index (χ2v) is 6.37. The van der Waals surface area contributed by atoms with E-state index in [-0.39, 0.29) is 0 Å². The fourth-order valence-corrected chi connectivity index (χ4v) is 3.30. The van der Waals surface area contributed by atoms with E-state index in [1.165, 1.54) is 0 Å². The van der Waals surface area contributed by atoms with Crippen molar-refractivity contribution in [2.24, 2.45) is 0 Å². The fraction of sp³-hybridized carbons (Fsp3) is 0.421. The minimum atomic E-state index is -0.863. The Morgan fingerprint density at radius 3 is 2.83 bits per heavy atom. The number of aromatic nitrogens is 2. The van der Waals surface area contributed by atoms with Crippen LogP contribution >= 0.6 is 0 Å². The van der Waals surface area contributed by atoms with Crippen LogP contribution in [0.4, 0.5) is 0 Å². The fourth-order valence-electron chi connectivity index (χ4n) is 3.30. The van der Waals surface area contributed by atoms with E-state index in [0.29, 0.717) is 11.5 Å². The lowest BCUT2D eigenvalue weighted by Gasteiger charge is -2.33. The van der Waals surface area contributed by atoms with Crippen LogP contribution in [0.3, 0.4) is 0 Å². The number of benzene rings is 1. The average Bonchev–Trinajstić information content (AvgIpc) is 2.63. The van der Waals surface area contributed by atoms with Crippen LogP contribution in [0, 0.1) is 0 Å². The molecule has 1 aliphatic rings. The van der Waals surface area contributed by atoms with Crippen molar-refractivity contribution in [1.82, 2.24) is 14.9 Å². The zero-order valence-electron chi connectivity index (χ0n) is 14.0. The van der Waals surface area contributed by atoms with Crippen LogP contribution in [0.15, 0.2) is 36.7 Å². The first-order chi connectivity index (χ1) is 11.7. The first kappa shape index (κ1) is 16.6. The highest BCUT2D eigenvalue weighted by molar-refractivity contribution is 5.87. The number of hydrogen-bond donors (Lipinski definition) is 1. The van der Waals surface area contributed by atoms with Gasteiger partial charge in [0.15, 0.2) is 0 Å². The van der Waals surface area contributed by atoms with Crippen LogP contribution in [0.2, 0.25) is 0 Å². The van der Waals surface area contributed by atoms with Crippen molar-refractivity contribution in [2.45, 2.75) is 38.6 Å². The smallest absolute Gasteiger partial charge is 0.335 e. The zero-order chi connectivity index (χ0) is 16.9. The number of likely N-dealkylation sites (tertiary alicyclic amines) is 1.